The molecular formula is C21H29BrN2O3S. The molecule has 0 aromatic heterocycles. The molecule has 1 aliphatic carbocycles. The number of esters is 1. The molecule has 1 saturated heterocycles. The third kappa shape index (κ3) is 5.23. The third-order valence-electron chi connectivity index (χ3n) is 5.27. The molecular weight excluding hydrogens is 440 g/mol. The van der Waals surface area contributed by atoms with Crippen molar-refractivity contribution < 1.29 is 14.3 Å². The molecule has 7 heteroatoms. The summed E-state index contributed by atoms with van der Waals surface area (Å²) in [6, 6.07) is 6.78. The Morgan fingerprint density at radius 2 is 1.96 bits per heavy atom. The van der Waals surface area contributed by atoms with Gasteiger partial charge in [-0.05, 0) is 52.7 Å². The van der Waals surface area contributed by atoms with Gasteiger partial charge in [-0.2, -0.15) is 0 Å². The summed E-state index contributed by atoms with van der Waals surface area (Å²) in [5, 5.41) is 3.02. The van der Waals surface area contributed by atoms with Crippen molar-refractivity contribution in [2.24, 2.45) is 11.8 Å². The highest BCUT2D eigenvalue weighted by Gasteiger charge is 2.45. The summed E-state index contributed by atoms with van der Waals surface area (Å²) in [7, 11) is 0. The largest absolute Gasteiger partial charge is 0.464 e. The van der Waals surface area contributed by atoms with Crippen LogP contribution in [0.4, 0.5) is 10.5 Å². The molecule has 2 unspecified atom stereocenters. The maximum atomic E-state index is 13.2. The van der Waals surface area contributed by atoms with Crippen molar-refractivity contribution in [2.75, 3.05) is 17.7 Å². The molecule has 154 valence electrons. The molecule has 0 bridgehead atoms. The number of nitrogens with one attached hydrogen (secondary N) is 1. The molecule has 0 spiro atoms. The molecule has 1 saturated carbocycles. The van der Waals surface area contributed by atoms with Gasteiger partial charge in [0.2, 0.25) is 0 Å². The number of amides is 2. The van der Waals surface area contributed by atoms with E-state index in [1.807, 2.05) is 38.1 Å². The molecule has 2 amide bonds. The Balaban J connectivity index is 1.78. The summed E-state index contributed by atoms with van der Waals surface area (Å²) in [4.78, 5) is 27.7. The zero-order valence-electron chi connectivity index (χ0n) is 16.5. The van der Waals surface area contributed by atoms with Crippen molar-refractivity contribution in [1.82, 2.24) is 4.90 Å². The van der Waals surface area contributed by atoms with Crippen molar-refractivity contribution in [3.63, 3.8) is 0 Å². The highest BCUT2D eigenvalue weighted by Crippen LogP contribution is 2.41. The predicted octanol–water partition coefficient (Wildman–Crippen LogP) is 5.50. The number of thioether (sulfide) groups is 1. The fraction of sp³-hybridized carbons (Fsp3) is 0.619. The number of ether oxygens (including phenoxy) is 1. The lowest BCUT2D eigenvalue weighted by Gasteiger charge is -2.35. The lowest BCUT2D eigenvalue weighted by Crippen LogP contribution is -2.50. The fourth-order valence-corrected chi connectivity index (χ4v) is 5.84. The zero-order chi connectivity index (χ0) is 20.1. The van der Waals surface area contributed by atoms with Gasteiger partial charge < -0.3 is 10.1 Å². The van der Waals surface area contributed by atoms with E-state index >= 15 is 0 Å². The zero-order valence-corrected chi connectivity index (χ0v) is 18.9. The summed E-state index contributed by atoms with van der Waals surface area (Å²) >= 11 is 5.20. The van der Waals surface area contributed by atoms with Crippen molar-refractivity contribution in [2.45, 2.75) is 57.4 Å². The minimum atomic E-state index is -0.529. The topological polar surface area (TPSA) is 58.6 Å². The van der Waals surface area contributed by atoms with Gasteiger partial charge in [0, 0.05) is 10.2 Å². The smallest absolute Gasteiger partial charge is 0.329 e. The predicted molar refractivity (Wildman–Crippen MR) is 117 cm³/mol. The van der Waals surface area contributed by atoms with Gasteiger partial charge in [0.05, 0.1) is 17.7 Å². The van der Waals surface area contributed by atoms with E-state index in [-0.39, 0.29) is 23.3 Å². The van der Waals surface area contributed by atoms with Crippen molar-refractivity contribution >= 4 is 45.4 Å². The van der Waals surface area contributed by atoms with Crippen LogP contribution in [-0.4, -0.2) is 40.7 Å². The standard InChI is InChI=1S/C21H29BrN2O3S/c1-14(2)12-27-20(25)18-13-28-19(15-8-4-3-5-9-15)24(18)21(26)23-17-11-7-6-10-16(17)22/h6-7,10-11,14-15,18-19H,3-5,8-9,12-13H2,1-2H3,(H,23,26). The average Bonchev–Trinajstić information content (AvgIpc) is 3.14. The van der Waals surface area contributed by atoms with E-state index < -0.39 is 6.04 Å². The lowest BCUT2D eigenvalue weighted by molar-refractivity contribution is -0.149. The van der Waals surface area contributed by atoms with Crippen LogP contribution in [0.3, 0.4) is 0 Å². The van der Waals surface area contributed by atoms with E-state index in [0.717, 1.165) is 17.3 Å². The third-order valence-corrected chi connectivity index (χ3v) is 7.42. The highest BCUT2D eigenvalue weighted by atomic mass is 79.9. The SMILES string of the molecule is CC(C)COC(=O)C1CSC(C2CCCCC2)N1C(=O)Nc1ccccc1Br. The van der Waals surface area contributed by atoms with Crippen LogP contribution in [0, 0.1) is 11.8 Å². The first-order valence-corrected chi connectivity index (χ1v) is 11.9. The Morgan fingerprint density at radius 3 is 2.64 bits per heavy atom. The van der Waals surface area contributed by atoms with Crippen molar-refractivity contribution in [3.8, 4) is 0 Å². The summed E-state index contributed by atoms with van der Waals surface area (Å²) in [5.74, 6) is 1.02. The minimum absolute atomic E-state index is 0.0272. The van der Waals surface area contributed by atoms with Gasteiger partial charge in [-0.1, -0.05) is 45.2 Å². The molecule has 2 aliphatic rings. The second-order valence-corrected chi connectivity index (χ2v) is 9.98. The molecule has 1 N–H and O–H groups in total. The Kier molecular flexibility index (Phi) is 7.69. The number of rotatable bonds is 5. The first-order chi connectivity index (χ1) is 13.5. The van der Waals surface area contributed by atoms with Gasteiger partial charge in [0.1, 0.15) is 6.04 Å². The van der Waals surface area contributed by atoms with Crippen LogP contribution >= 0.6 is 27.7 Å². The Hall–Kier alpha value is -1.21. The number of hydrogen-bond acceptors (Lipinski definition) is 4. The van der Waals surface area contributed by atoms with Gasteiger partial charge in [0.25, 0.3) is 0 Å². The summed E-state index contributed by atoms with van der Waals surface area (Å²) in [6.45, 7) is 4.41. The van der Waals surface area contributed by atoms with Gasteiger partial charge in [-0.25, -0.2) is 9.59 Å². The van der Waals surface area contributed by atoms with Crippen LogP contribution in [0.25, 0.3) is 0 Å². The number of nitrogens with zero attached hydrogens (tertiary/aromatic N) is 1. The van der Waals surface area contributed by atoms with E-state index in [2.05, 4.69) is 21.2 Å². The van der Waals surface area contributed by atoms with Crippen LogP contribution in [0.1, 0.15) is 46.0 Å². The second kappa shape index (κ2) is 10.0. The summed E-state index contributed by atoms with van der Waals surface area (Å²) in [6.07, 6.45) is 5.89. The van der Waals surface area contributed by atoms with Crippen LogP contribution in [0.5, 0.6) is 0 Å². The molecule has 2 fully saturated rings. The van der Waals surface area contributed by atoms with Crippen molar-refractivity contribution in [3.05, 3.63) is 28.7 Å². The van der Waals surface area contributed by atoms with Crippen molar-refractivity contribution in [1.29, 1.82) is 0 Å². The molecule has 1 heterocycles. The molecule has 0 radical (unpaired) electrons. The van der Waals surface area contributed by atoms with Gasteiger partial charge in [0.15, 0.2) is 0 Å². The van der Waals surface area contributed by atoms with Crippen LogP contribution < -0.4 is 5.32 Å². The molecule has 2 atom stereocenters. The van der Waals surface area contributed by atoms with Crippen LogP contribution in [0.2, 0.25) is 0 Å². The number of carbonyl (C=O) groups excluding carboxylic acids is 2. The molecule has 1 aliphatic heterocycles. The Bertz CT molecular complexity index is 694. The number of carbonyl (C=O) groups is 2. The maximum Gasteiger partial charge on any atom is 0.329 e. The summed E-state index contributed by atoms with van der Waals surface area (Å²) in [5.41, 5.74) is 0.709. The first-order valence-electron chi connectivity index (χ1n) is 10.1. The Morgan fingerprint density at radius 1 is 1.25 bits per heavy atom. The number of halogens is 1. The average molecular weight is 469 g/mol. The molecule has 1 aromatic rings. The molecule has 28 heavy (non-hydrogen) atoms. The van der Waals surface area contributed by atoms with Crippen LogP contribution in [-0.2, 0) is 9.53 Å². The van der Waals surface area contributed by atoms with E-state index in [9.17, 15) is 9.59 Å². The normalized spacial score (nSPS) is 23.1. The number of benzene rings is 1. The number of hydrogen-bond donors (Lipinski definition) is 1. The van der Waals surface area contributed by atoms with E-state index in [0.29, 0.717) is 24.0 Å². The first kappa shape index (κ1) is 21.5. The Labute approximate surface area is 180 Å². The second-order valence-electron chi connectivity index (χ2n) is 7.98. The van der Waals surface area contributed by atoms with E-state index in [1.54, 1.807) is 16.7 Å². The van der Waals surface area contributed by atoms with Crippen LogP contribution in [0.15, 0.2) is 28.7 Å². The molecule has 3 rings (SSSR count). The minimum Gasteiger partial charge on any atom is -0.464 e. The highest BCUT2D eigenvalue weighted by molar-refractivity contribution is 9.10. The summed E-state index contributed by atoms with van der Waals surface area (Å²) < 4.78 is 6.32. The quantitative estimate of drug-likeness (QED) is 0.579. The monoisotopic (exact) mass is 468 g/mol. The fourth-order valence-electron chi connectivity index (χ4n) is 3.84. The maximum absolute atomic E-state index is 13.2. The van der Waals surface area contributed by atoms with Gasteiger partial charge >= 0.3 is 12.0 Å². The van der Waals surface area contributed by atoms with Gasteiger partial charge in [-0.3, -0.25) is 4.90 Å². The molecule has 5 nitrogen and oxygen atoms in total. The van der Waals surface area contributed by atoms with Gasteiger partial charge in [-0.15, -0.1) is 11.8 Å². The lowest BCUT2D eigenvalue weighted by atomic mass is 9.88. The number of urea groups is 1. The van der Waals surface area contributed by atoms with E-state index in [4.69, 9.17) is 4.74 Å². The number of para-hydroxylation sites is 1. The molecule has 1 aromatic carbocycles. The van der Waals surface area contributed by atoms with E-state index in [1.165, 1.54) is 19.3 Å². The number of anilines is 1.